The van der Waals surface area contributed by atoms with Crippen LogP contribution < -0.4 is 0 Å². The van der Waals surface area contributed by atoms with E-state index in [1.165, 1.54) is 0 Å². The van der Waals surface area contributed by atoms with Crippen LogP contribution in [0.2, 0.25) is 0 Å². The van der Waals surface area contributed by atoms with Gasteiger partial charge in [-0.3, -0.25) is 0 Å². The normalized spacial score (nSPS) is 20.2. The molecule has 0 fully saturated rings. The maximum absolute atomic E-state index is 9.92. The van der Waals surface area contributed by atoms with Gasteiger partial charge in [-0.25, -0.2) is 0 Å². The molecule has 0 aromatic rings. The summed E-state index contributed by atoms with van der Waals surface area (Å²) in [6, 6.07) is 0. The molecule has 0 aliphatic heterocycles. The second kappa shape index (κ2) is 4.27. The highest BCUT2D eigenvalue weighted by atomic mass is 16.3. The molecular formula is C11H24O. The standard InChI is InChI=1S/C11H24O/c1-7-8(2)10(12)9(3)11(4,5)6/h8-10,12H,7H2,1-6H3. The third-order valence-electron chi connectivity index (χ3n) is 3.11. The molecule has 0 rings (SSSR count). The summed E-state index contributed by atoms with van der Waals surface area (Å²) in [5.74, 6) is 0.784. The largest absolute Gasteiger partial charge is 0.393 e. The maximum Gasteiger partial charge on any atom is 0.0596 e. The molecule has 0 aromatic heterocycles. The molecule has 0 aromatic carbocycles. The Balaban J connectivity index is 4.19. The minimum Gasteiger partial charge on any atom is -0.393 e. The van der Waals surface area contributed by atoms with Crippen LogP contribution in [-0.4, -0.2) is 11.2 Å². The molecule has 12 heavy (non-hydrogen) atoms. The summed E-state index contributed by atoms with van der Waals surface area (Å²) in [5, 5.41) is 9.92. The average molecular weight is 172 g/mol. The van der Waals surface area contributed by atoms with Crippen molar-refractivity contribution in [2.75, 3.05) is 0 Å². The lowest BCUT2D eigenvalue weighted by Gasteiger charge is -2.34. The zero-order valence-electron chi connectivity index (χ0n) is 9.39. The molecule has 0 bridgehead atoms. The zero-order chi connectivity index (χ0) is 9.94. The molecule has 0 aliphatic rings. The van der Waals surface area contributed by atoms with E-state index in [1.807, 2.05) is 0 Å². The minimum absolute atomic E-state index is 0.157. The second-order valence-electron chi connectivity index (χ2n) is 5.03. The molecule has 0 saturated heterocycles. The summed E-state index contributed by atoms with van der Waals surface area (Å²) in [5.41, 5.74) is 0.211. The van der Waals surface area contributed by atoms with E-state index in [1.54, 1.807) is 0 Å². The van der Waals surface area contributed by atoms with Gasteiger partial charge in [-0.2, -0.15) is 0 Å². The van der Waals surface area contributed by atoms with E-state index < -0.39 is 0 Å². The van der Waals surface area contributed by atoms with Crippen LogP contribution >= 0.6 is 0 Å². The van der Waals surface area contributed by atoms with Crippen molar-refractivity contribution in [3.63, 3.8) is 0 Å². The smallest absolute Gasteiger partial charge is 0.0596 e. The molecule has 0 amide bonds. The first kappa shape index (κ1) is 12.0. The van der Waals surface area contributed by atoms with Gasteiger partial charge in [0.2, 0.25) is 0 Å². The summed E-state index contributed by atoms with van der Waals surface area (Å²) >= 11 is 0. The number of aliphatic hydroxyl groups is 1. The fourth-order valence-corrected chi connectivity index (χ4v) is 1.25. The van der Waals surface area contributed by atoms with Crippen LogP contribution in [0, 0.1) is 17.3 Å². The number of rotatable bonds is 3. The van der Waals surface area contributed by atoms with Gasteiger partial charge in [0.25, 0.3) is 0 Å². The van der Waals surface area contributed by atoms with Gasteiger partial charge in [-0.1, -0.05) is 48.0 Å². The maximum atomic E-state index is 9.92. The van der Waals surface area contributed by atoms with Gasteiger partial charge in [0, 0.05) is 0 Å². The third kappa shape index (κ3) is 3.14. The zero-order valence-corrected chi connectivity index (χ0v) is 9.39. The van der Waals surface area contributed by atoms with Crippen molar-refractivity contribution in [2.45, 2.75) is 54.1 Å². The Kier molecular flexibility index (Phi) is 4.25. The van der Waals surface area contributed by atoms with Gasteiger partial charge in [0.15, 0.2) is 0 Å². The quantitative estimate of drug-likeness (QED) is 0.693. The number of aliphatic hydroxyl groups excluding tert-OH is 1. The molecular weight excluding hydrogens is 148 g/mol. The van der Waals surface area contributed by atoms with E-state index in [0.717, 1.165) is 6.42 Å². The van der Waals surface area contributed by atoms with Crippen LogP contribution in [0.3, 0.4) is 0 Å². The van der Waals surface area contributed by atoms with Crippen LogP contribution in [0.25, 0.3) is 0 Å². The third-order valence-corrected chi connectivity index (χ3v) is 3.11. The molecule has 74 valence electrons. The van der Waals surface area contributed by atoms with Crippen LogP contribution in [0.5, 0.6) is 0 Å². The Morgan fingerprint density at radius 3 is 1.83 bits per heavy atom. The van der Waals surface area contributed by atoms with Crippen LogP contribution in [0.15, 0.2) is 0 Å². The molecule has 0 aliphatic carbocycles. The van der Waals surface area contributed by atoms with Crippen molar-refractivity contribution < 1.29 is 5.11 Å². The Labute approximate surface area is 77.2 Å². The lowest BCUT2D eigenvalue weighted by atomic mass is 9.75. The molecule has 3 atom stereocenters. The van der Waals surface area contributed by atoms with E-state index in [0.29, 0.717) is 11.8 Å². The van der Waals surface area contributed by atoms with Crippen molar-refractivity contribution >= 4 is 0 Å². The van der Waals surface area contributed by atoms with E-state index in [9.17, 15) is 5.11 Å². The van der Waals surface area contributed by atoms with Crippen LogP contribution in [0.1, 0.15) is 48.0 Å². The van der Waals surface area contributed by atoms with Crippen LogP contribution in [-0.2, 0) is 0 Å². The molecule has 0 radical (unpaired) electrons. The molecule has 0 saturated carbocycles. The van der Waals surface area contributed by atoms with Gasteiger partial charge >= 0.3 is 0 Å². The van der Waals surface area contributed by atoms with E-state index in [4.69, 9.17) is 0 Å². The summed E-state index contributed by atoms with van der Waals surface area (Å²) in [4.78, 5) is 0. The SMILES string of the molecule is CCC(C)C(O)C(C)C(C)(C)C. The van der Waals surface area contributed by atoms with E-state index in [-0.39, 0.29) is 11.5 Å². The van der Waals surface area contributed by atoms with E-state index in [2.05, 4.69) is 41.5 Å². The fraction of sp³-hybridized carbons (Fsp3) is 1.00. The lowest BCUT2D eigenvalue weighted by molar-refractivity contribution is 0.0139. The Hall–Kier alpha value is -0.0400. The summed E-state index contributed by atoms with van der Waals surface area (Å²) in [6.07, 6.45) is 0.900. The highest BCUT2D eigenvalue weighted by Crippen LogP contribution is 2.31. The predicted molar refractivity (Wildman–Crippen MR) is 54.1 cm³/mol. The highest BCUT2D eigenvalue weighted by Gasteiger charge is 2.29. The number of hydrogen-bond donors (Lipinski definition) is 1. The first-order chi connectivity index (χ1) is 5.30. The first-order valence-electron chi connectivity index (χ1n) is 4.98. The summed E-state index contributed by atoms with van der Waals surface area (Å²) in [7, 11) is 0. The topological polar surface area (TPSA) is 20.2 Å². The van der Waals surface area contributed by atoms with Gasteiger partial charge < -0.3 is 5.11 Å². The Morgan fingerprint density at radius 1 is 1.17 bits per heavy atom. The summed E-state index contributed by atoms with van der Waals surface area (Å²) in [6.45, 7) is 12.9. The second-order valence-corrected chi connectivity index (χ2v) is 5.03. The molecule has 1 N–H and O–H groups in total. The number of hydrogen-bond acceptors (Lipinski definition) is 1. The lowest BCUT2D eigenvalue weighted by Crippen LogP contribution is -2.34. The Bertz CT molecular complexity index is 123. The monoisotopic (exact) mass is 172 g/mol. The van der Waals surface area contributed by atoms with Gasteiger partial charge in [0.05, 0.1) is 6.10 Å². The van der Waals surface area contributed by atoms with Crippen LogP contribution in [0.4, 0.5) is 0 Å². The molecule has 0 heterocycles. The molecule has 1 nitrogen and oxygen atoms in total. The Morgan fingerprint density at radius 2 is 1.58 bits per heavy atom. The minimum atomic E-state index is -0.157. The molecule has 0 spiro atoms. The van der Waals surface area contributed by atoms with Crippen molar-refractivity contribution in [3.8, 4) is 0 Å². The molecule has 3 unspecified atom stereocenters. The average Bonchev–Trinajstić information content (AvgIpc) is 1.98. The van der Waals surface area contributed by atoms with Gasteiger partial charge in [0.1, 0.15) is 0 Å². The summed E-state index contributed by atoms with van der Waals surface area (Å²) < 4.78 is 0. The van der Waals surface area contributed by atoms with Crippen molar-refractivity contribution in [2.24, 2.45) is 17.3 Å². The first-order valence-corrected chi connectivity index (χ1v) is 4.98. The van der Waals surface area contributed by atoms with E-state index >= 15 is 0 Å². The van der Waals surface area contributed by atoms with Crippen molar-refractivity contribution in [3.05, 3.63) is 0 Å². The van der Waals surface area contributed by atoms with Crippen molar-refractivity contribution in [1.82, 2.24) is 0 Å². The fourth-order valence-electron chi connectivity index (χ4n) is 1.25. The van der Waals surface area contributed by atoms with Gasteiger partial charge in [-0.05, 0) is 17.3 Å². The predicted octanol–water partition coefficient (Wildman–Crippen LogP) is 3.08. The highest BCUT2D eigenvalue weighted by molar-refractivity contribution is 4.79. The van der Waals surface area contributed by atoms with Gasteiger partial charge in [-0.15, -0.1) is 0 Å². The molecule has 1 heteroatoms. The van der Waals surface area contributed by atoms with Crippen molar-refractivity contribution in [1.29, 1.82) is 0 Å².